The van der Waals surface area contributed by atoms with Gasteiger partial charge in [-0.1, -0.05) is 20.3 Å². The van der Waals surface area contributed by atoms with E-state index in [2.05, 4.69) is 13.8 Å². The average molecular weight is 272 g/mol. The summed E-state index contributed by atoms with van der Waals surface area (Å²) in [4.78, 5) is 16.1. The van der Waals surface area contributed by atoms with Gasteiger partial charge in [0.1, 0.15) is 0 Å². The van der Waals surface area contributed by atoms with E-state index >= 15 is 0 Å². The standard InChI is InChI=1S/C14H28N2O3/c1-5-9-11-16-13(19-8-4)12(18-7-3)15(10-6-2)14(16)17/h12-13H,5-11H2,1-4H3. The highest BCUT2D eigenvalue weighted by molar-refractivity contribution is 5.77. The van der Waals surface area contributed by atoms with Crippen molar-refractivity contribution in [3.63, 3.8) is 0 Å². The maximum atomic E-state index is 12.5. The average Bonchev–Trinajstić information content (AvgIpc) is 2.63. The van der Waals surface area contributed by atoms with E-state index in [-0.39, 0.29) is 18.5 Å². The third kappa shape index (κ3) is 3.83. The monoisotopic (exact) mass is 272 g/mol. The van der Waals surface area contributed by atoms with Crippen molar-refractivity contribution in [2.24, 2.45) is 0 Å². The zero-order chi connectivity index (χ0) is 14.3. The van der Waals surface area contributed by atoms with Crippen molar-refractivity contribution >= 4 is 6.03 Å². The van der Waals surface area contributed by atoms with Gasteiger partial charge in [0.05, 0.1) is 0 Å². The first-order valence-electron chi connectivity index (χ1n) is 7.51. The summed E-state index contributed by atoms with van der Waals surface area (Å²) in [6.45, 7) is 10.7. The third-order valence-electron chi connectivity index (χ3n) is 3.24. The molecule has 19 heavy (non-hydrogen) atoms. The van der Waals surface area contributed by atoms with Gasteiger partial charge >= 0.3 is 6.03 Å². The second-order valence-corrected chi connectivity index (χ2v) is 4.71. The van der Waals surface area contributed by atoms with Crippen LogP contribution in [-0.4, -0.2) is 54.6 Å². The fraction of sp³-hybridized carbons (Fsp3) is 0.929. The van der Waals surface area contributed by atoms with Gasteiger partial charge in [0, 0.05) is 26.3 Å². The van der Waals surface area contributed by atoms with E-state index in [0.717, 1.165) is 32.4 Å². The lowest BCUT2D eigenvalue weighted by molar-refractivity contribution is -0.131. The molecule has 1 fully saturated rings. The Morgan fingerprint density at radius 3 is 1.84 bits per heavy atom. The van der Waals surface area contributed by atoms with E-state index in [1.807, 2.05) is 18.7 Å². The van der Waals surface area contributed by atoms with Gasteiger partial charge in [-0.2, -0.15) is 0 Å². The molecule has 0 aromatic carbocycles. The summed E-state index contributed by atoms with van der Waals surface area (Å²) in [7, 11) is 0. The van der Waals surface area contributed by atoms with Crippen LogP contribution in [0.5, 0.6) is 0 Å². The minimum atomic E-state index is -0.269. The molecule has 0 N–H and O–H groups in total. The van der Waals surface area contributed by atoms with E-state index in [9.17, 15) is 4.79 Å². The summed E-state index contributed by atoms with van der Waals surface area (Å²) in [6, 6.07) is 0.0483. The van der Waals surface area contributed by atoms with Gasteiger partial charge in [0.2, 0.25) is 0 Å². The van der Waals surface area contributed by atoms with E-state index in [1.165, 1.54) is 0 Å². The van der Waals surface area contributed by atoms with Crippen LogP contribution < -0.4 is 0 Å². The number of urea groups is 1. The maximum Gasteiger partial charge on any atom is 0.324 e. The summed E-state index contributed by atoms with van der Waals surface area (Å²) in [5, 5.41) is 0. The fourth-order valence-electron chi connectivity index (χ4n) is 2.39. The lowest BCUT2D eigenvalue weighted by atomic mass is 10.3. The van der Waals surface area contributed by atoms with Crippen LogP contribution in [0.15, 0.2) is 0 Å². The zero-order valence-electron chi connectivity index (χ0n) is 12.7. The Balaban J connectivity index is 2.85. The minimum Gasteiger partial charge on any atom is -0.354 e. The smallest absolute Gasteiger partial charge is 0.324 e. The van der Waals surface area contributed by atoms with Crippen LogP contribution in [-0.2, 0) is 9.47 Å². The summed E-state index contributed by atoms with van der Waals surface area (Å²) in [5.41, 5.74) is 0. The molecule has 0 aromatic rings. The predicted octanol–water partition coefficient (Wildman–Crippen LogP) is 2.66. The van der Waals surface area contributed by atoms with Crippen LogP contribution in [0.3, 0.4) is 0 Å². The number of ether oxygens (including phenoxy) is 2. The molecule has 1 heterocycles. The molecule has 2 amide bonds. The van der Waals surface area contributed by atoms with Gasteiger partial charge in [-0.3, -0.25) is 9.80 Å². The Hall–Kier alpha value is -0.810. The normalized spacial score (nSPS) is 23.5. The van der Waals surface area contributed by atoms with Gasteiger partial charge in [0.25, 0.3) is 0 Å². The van der Waals surface area contributed by atoms with Crippen molar-refractivity contribution in [2.75, 3.05) is 26.3 Å². The van der Waals surface area contributed by atoms with Gasteiger partial charge < -0.3 is 9.47 Å². The first-order valence-corrected chi connectivity index (χ1v) is 7.51. The van der Waals surface area contributed by atoms with Crippen LogP contribution >= 0.6 is 0 Å². The Morgan fingerprint density at radius 2 is 1.42 bits per heavy atom. The number of carbonyl (C=O) groups is 1. The van der Waals surface area contributed by atoms with Crippen molar-refractivity contribution in [2.45, 2.75) is 59.4 Å². The van der Waals surface area contributed by atoms with Crippen LogP contribution in [0.4, 0.5) is 4.79 Å². The van der Waals surface area contributed by atoms with Crippen molar-refractivity contribution in [3.8, 4) is 0 Å². The molecule has 1 aliphatic heterocycles. The van der Waals surface area contributed by atoms with E-state index in [1.54, 1.807) is 4.90 Å². The lowest BCUT2D eigenvalue weighted by Gasteiger charge is -2.27. The molecular weight excluding hydrogens is 244 g/mol. The molecule has 0 radical (unpaired) electrons. The van der Waals surface area contributed by atoms with Crippen molar-refractivity contribution < 1.29 is 14.3 Å². The van der Waals surface area contributed by atoms with Crippen LogP contribution in [0, 0.1) is 0 Å². The molecule has 0 spiro atoms. The van der Waals surface area contributed by atoms with Gasteiger partial charge in [0.15, 0.2) is 12.5 Å². The quantitative estimate of drug-likeness (QED) is 0.648. The summed E-state index contributed by atoms with van der Waals surface area (Å²) in [6.07, 6.45) is 2.45. The lowest BCUT2D eigenvalue weighted by Crippen LogP contribution is -2.42. The summed E-state index contributed by atoms with van der Waals surface area (Å²) < 4.78 is 11.5. The summed E-state index contributed by atoms with van der Waals surface area (Å²) in [5.74, 6) is 0. The maximum absolute atomic E-state index is 12.5. The van der Waals surface area contributed by atoms with Crippen molar-refractivity contribution in [3.05, 3.63) is 0 Å². The Labute approximate surface area is 116 Å². The first kappa shape index (κ1) is 16.2. The van der Waals surface area contributed by atoms with Gasteiger partial charge in [-0.05, 0) is 26.7 Å². The van der Waals surface area contributed by atoms with E-state index in [0.29, 0.717) is 13.2 Å². The molecule has 0 saturated carbocycles. The molecule has 0 bridgehead atoms. The van der Waals surface area contributed by atoms with Crippen molar-refractivity contribution in [1.82, 2.24) is 9.80 Å². The fourth-order valence-corrected chi connectivity index (χ4v) is 2.39. The first-order chi connectivity index (χ1) is 9.21. The minimum absolute atomic E-state index is 0.0483. The second-order valence-electron chi connectivity index (χ2n) is 4.71. The molecule has 0 aliphatic carbocycles. The number of hydrogen-bond acceptors (Lipinski definition) is 3. The number of carbonyl (C=O) groups excluding carboxylic acids is 1. The highest BCUT2D eigenvalue weighted by Crippen LogP contribution is 2.25. The Bertz CT molecular complexity index is 273. The molecule has 5 nitrogen and oxygen atoms in total. The Morgan fingerprint density at radius 1 is 0.895 bits per heavy atom. The summed E-state index contributed by atoms with van der Waals surface area (Å²) >= 11 is 0. The van der Waals surface area contributed by atoms with Gasteiger partial charge in [-0.25, -0.2) is 4.79 Å². The second kappa shape index (κ2) is 8.38. The molecule has 1 aliphatic rings. The molecule has 5 heteroatoms. The molecular formula is C14H28N2O3. The molecule has 0 aromatic heterocycles. The van der Waals surface area contributed by atoms with Crippen molar-refractivity contribution in [1.29, 1.82) is 0 Å². The third-order valence-corrected chi connectivity index (χ3v) is 3.24. The molecule has 2 unspecified atom stereocenters. The number of hydrogen-bond donors (Lipinski definition) is 0. The van der Waals surface area contributed by atoms with Gasteiger partial charge in [-0.15, -0.1) is 0 Å². The highest BCUT2D eigenvalue weighted by Gasteiger charge is 2.46. The topological polar surface area (TPSA) is 42.0 Å². The Kier molecular flexibility index (Phi) is 7.16. The largest absolute Gasteiger partial charge is 0.354 e. The zero-order valence-corrected chi connectivity index (χ0v) is 12.7. The number of nitrogens with zero attached hydrogens (tertiary/aromatic N) is 2. The predicted molar refractivity (Wildman–Crippen MR) is 74.8 cm³/mol. The van der Waals surface area contributed by atoms with Crippen LogP contribution in [0.2, 0.25) is 0 Å². The number of rotatable bonds is 9. The van der Waals surface area contributed by atoms with E-state index < -0.39 is 0 Å². The van der Waals surface area contributed by atoms with E-state index in [4.69, 9.17) is 9.47 Å². The highest BCUT2D eigenvalue weighted by atomic mass is 16.6. The molecule has 1 saturated heterocycles. The number of amides is 2. The molecule has 1 rings (SSSR count). The van der Waals surface area contributed by atoms with Crippen LogP contribution in [0.1, 0.15) is 47.0 Å². The van der Waals surface area contributed by atoms with Crippen LogP contribution in [0.25, 0.3) is 0 Å². The SMILES string of the molecule is CCCCN1C(=O)N(CCC)C(OCC)C1OCC. The number of unbranched alkanes of at least 4 members (excludes halogenated alkanes) is 1. The molecule has 112 valence electrons. The molecule has 2 atom stereocenters.